The van der Waals surface area contributed by atoms with Crippen LogP contribution in [0.15, 0.2) is 24.3 Å². The van der Waals surface area contributed by atoms with Gasteiger partial charge < -0.3 is 5.32 Å². The van der Waals surface area contributed by atoms with Gasteiger partial charge in [0.1, 0.15) is 5.15 Å². The molecule has 0 fully saturated rings. The lowest BCUT2D eigenvalue weighted by Gasteiger charge is -1.92. The van der Waals surface area contributed by atoms with Crippen molar-refractivity contribution in [3.8, 4) is 0 Å². The number of hydrogen-bond donors (Lipinski definition) is 1. The second-order valence-electron chi connectivity index (χ2n) is 2.35. The van der Waals surface area contributed by atoms with E-state index < -0.39 is 0 Å². The minimum absolute atomic E-state index is 0.529. The first-order valence-corrected chi connectivity index (χ1v) is 4.14. The highest BCUT2D eigenvalue weighted by Gasteiger charge is 1.88. The van der Waals surface area contributed by atoms with E-state index in [0.29, 0.717) is 5.15 Å². The van der Waals surface area contributed by atoms with Gasteiger partial charge >= 0.3 is 0 Å². The van der Waals surface area contributed by atoms with Crippen molar-refractivity contribution in [2.45, 2.75) is 0 Å². The third-order valence-electron chi connectivity index (χ3n) is 1.35. The molecule has 0 aliphatic rings. The Morgan fingerprint density at radius 3 is 3.08 bits per heavy atom. The van der Waals surface area contributed by atoms with Crippen molar-refractivity contribution in [3.63, 3.8) is 0 Å². The van der Waals surface area contributed by atoms with E-state index in [1.165, 1.54) is 0 Å². The fraction of sp³-hybridized carbons (Fsp3) is 0.222. The lowest BCUT2D eigenvalue weighted by Crippen LogP contribution is -2.03. The number of nitrogens with one attached hydrogen (secondary N) is 1. The highest BCUT2D eigenvalue weighted by atomic mass is 35.5. The number of halogens is 1. The normalized spacial score (nSPS) is 10.8. The topological polar surface area (TPSA) is 24.9 Å². The number of aromatic nitrogens is 1. The van der Waals surface area contributed by atoms with Crippen LogP contribution in [0.3, 0.4) is 0 Å². The summed E-state index contributed by atoms with van der Waals surface area (Å²) in [4.78, 5) is 4.10. The number of nitrogens with zero attached hydrogens (tertiary/aromatic N) is 1. The molecule has 12 heavy (non-hydrogen) atoms. The number of rotatable bonds is 3. The third-order valence-corrected chi connectivity index (χ3v) is 1.56. The largest absolute Gasteiger partial charge is 0.316 e. The molecule has 0 aromatic carbocycles. The minimum Gasteiger partial charge on any atom is -0.316 e. The maximum atomic E-state index is 5.70. The first kappa shape index (κ1) is 9.23. The zero-order valence-corrected chi connectivity index (χ0v) is 7.67. The van der Waals surface area contributed by atoms with Crippen LogP contribution < -0.4 is 5.32 Å². The molecule has 0 saturated heterocycles. The second-order valence-corrected chi connectivity index (χ2v) is 2.73. The molecular weight excluding hydrogens is 172 g/mol. The molecule has 0 amide bonds. The Kier molecular flexibility index (Phi) is 3.77. The lowest BCUT2D eigenvalue weighted by molar-refractivity contribution is 0.922. The highest BCUT2D eigenvalue weighted by molar-refractivity contribution is 6.29. The summed E-state index contributed by atoms with van der Waals surface area (Å²) in [7, 11) is 1.90. The molecule has 3 heteroatoms. The quantitative estimate of drug-likeness (QED) is 0.724. The summed E-state index contributed by atoms with van der Waals surface area (Å²) in [6.07, 6.45) is 3.93. The van der Waals surface area contributed by atoms with Gasteiger partial charge in [-0.2, -0.15) is 0 Å². The predicted molar refractivity (Wildman–Crippen MR) is 52.2 cm³/mol. The number of likely N-dealkylation sites (N-methyl/N-ethyl adjacent to an activating group) is 1. The number of pyridine rings is 1. The Morgan fingerprint density at radius 2 is 2.42 bits per heavy atom. The van der Waals surface area contributed by atoms with Gasteiger partial charge in [-0.25, -0.2) is 4.98 Å². The molecule has 0 aliphatic heterocycles. The molecule has 0 aliphatic carbocycles. The molecule has 2 nitrogen and oxygen atoms in total. The Bertz CT molecular complexity index is 271. The smallest absolute Gasteiger partial charge is 0.129 e. The van der Waals surface area contributed by atoms with E-state index in [1.54, 1.807) is 6.07 Å². The Morgan fingerprint density at radius 1 is 1.58 bits per heavy atom. The van der Waals surface area contributed by atoms with Crippen molar-refractivity contribution >= 4 is 17.7 Å². The standard InChI is InChI=1S/C9H11ClN2/c1-11-7-3-5-8-4-2-6-9(10)12-8/h2-6,11H,7H2,1H3. The van der Waals surface area contributed by atoms with E-state index in [-0.39, 0.29) is 0 Å². The molecule has 0 atom stereocenters. The van der Waals surface area contributed by atoms with Gasteiger partial charge in [-0.15, -0.1) is 0 Å². The van der Waals surface area contributed by atoms with Crippen LogP contribution in [0, 0.1) is 0 Å². The number of hydrogen-bond acceptors (Lipinski definition) is 2. The Balaban J connectivity index is 2.63. The summed E-state index contributed by atoms with van der Waals surface area (Å²) in [5.41, 5.74) is 0.887. The van der Waals surface area contributed by atoms with Crippen molar-refractivity contribution in [2.75, 3.05) is 13.6 Å². The molecule has 1 rings (SSSR count). The zero-order chi connectivity index (χ0) is 8.81. The van der Waals surface area contributed by atoms with Gasteiger partial charge in [-0.3, -0.25) is 0 Å². The van der Waals surface area contributed by atoms with Crippen LogP contribution >= 0.6 is 11.6 Å². The van der Waals surface area contributed by atoms with E-state index in [4.69, 9.17) is 11.6 Å². The molecule has 0 bridgehead atoms. The Hall–Kier alpha value is -0.860. The van der Waals surface area contributed by atoms with Gasteiger partial charge in [-0.1, -0.05) is 23.7 Å². The van der Waals surface area contributed by atoms with E-state index in [2.05, 4.69) is 10.3 Å². The molecule has 0 radical (unpaired) electrons. The van der Waals surface area contributed by atoms with Crippen molar-refractivity contribution < 1.29 is 0 Å². The van der Waals surface area contributed by atoms with Crippen LogP contribution in [0.4, 0.5) is 0 Å². The predicted octanol–water partition coefficient (Wildman–Crippen LogP) is 1.97. The van der Waals surface area contributed by atoms with Gasteiger partial charge in [0.25, 0.3) is 0 Å². The zero-order valence-electron chi connectivity index (χ0n) is 6.92. The summed E-state index contributed by atoms with van der Waals surface area (Å²) in [5.74, 6) is 0. The molecule has 0 saturated carbocycles. The first-order chi connectivity index (χ1) is 5.83. The van der Waals surface area contributed by atoms with Crippen molar-refractivity contribution in [3.05, 3.63) is 35.1 Å². The van der Waals surface area contributed by atoms with E-state index >= 15 is 0 Å². The van der Waals surface area contributed by atoms with Gasteiger partial charge in [0.2, 0.25) is 0 Å². The summed E-state index contributed by atoms with van der Waals surface area (Å²) in [6.45, 7) is 0.841. The highest BCUT2D eigenvalue weighted by Crippen LogP contribution is 2.05. The molecule has 0 spiro atoms. The summed E-state index contributed by atoms with van der Waals surface area (Å²) < 4.78 is 0. The van der Waals surface area contributed by atoms with Crippen molar-refractivity contribution in [1.82, 2.24) is 10.3 Å². The van der Waals surface area contributed by atoms with Crippen LogP contribution in [0.25, 0.3) is 6.08 Å². The molecule has 1 heterocycles. The van der Waals surface area contributed by atoms with Crippen LogP contribution in [-0.2, 0) is 0 Å². The molecule has 64 valence electrons. The molecule has 1 N–H and O–H groups in total. The monoisotopic (exact) mass is 182 g/mol. The average molecular weight is 183 g/mol. The fourth-order valence-electron chi connectivity index (χ4n) is 0.814. The maximum absolute atomic E-state index is 5.70. The molecule has 0 unspecified atom stereocenters. The summed E-state index contributed by atoms with van der Waals surface area (Å²) in [5, 5.41) is 3.53. The second kappa shape index (κ2) is 4.91. The third kappa shape index (κ3) is 3.03. The fourth-order valence-corrected chi connectivity index (χ4v) is 0.985. The average Bonchev–Trinajstić information content (AvgIpc) is 2.05. The van der Waals surface area contributed by atoms with Crippen LogP contribution in [-0.4, -0.2) is 18.6 Å². The van der Waals surface area contributed by atoms with Gasteiger partial charge in [0, 0.05) is 6.54 Å². The summed E-state index contributed by atoms with van der Waals surface area (Å²) in [6, 6.07) is 5.56. The van der Waals surface area contributed by atoms with Crippen molar-refractivity contribution in [2.24, 2.45) is 0 Å². The van der Waals surface area contributed by atoms with Gasteiger partial charge in [-0.05, 0) is 25.3 Å². The van der Waals surface area contributed by atoms with Gasteiger partial charge in [0.05, 0.1) is 5.69 Å². The maximum Gasteiger partial charge on any atom is 0.129 e. The van der Waals surface area contributed by atoms with Gasteiger partial charge in [0.15, 0.2) is 0 Å². The molecule has 1 aromatic rings. The lowest BCUT2D eigenvalue weighted by atomic mass is 10.3. The van der Waals surface area contributed by atoms with E-state index in [9.17, 15) is 0 Å². The molecular formula is C9H11ClN2. The minimum atomic E-state index is 0.529. The van der Waals surface area contributed by atoms with E-state index in [0.717, 1.165) is 12.2 Å². The summed E-state index contributed by atoms with van der Waals surface area (Å²) >= 11 is 5.70. The first-order valence-electron chi connectivity index (χ1n) is 3.76. The van der Waals surface area contributed by atoms with Crippen LogP contribution in [0.2, 0.25) is 5.15 Å². The van der Waals surface area contributed by atoms with Crippen LogP contribution in [0.5, 0.6) is 0 Å². The SMILES string of the molecule is CNCC=Cc1cccc(Cl)n1. The van der Waals surface area contributed by atoms with Crippen LogP contribution in [0.1, 0.15) is 5.69 Å². The molecule has 1 aromatic heterocycles. The van der Waals surface area contributed by atoms with E-state index in [1.807, 2.05) is 31.3 Å². The Labute approximate surface area is 77.3 Å². The van der Waals surface area contributed by atoms with Crippen molar-refractivity contribution in [1.29, 1.82) is 0 Å².